The number of fused-ring (bicyclic) bond motifs is 1. The van der Waals surface area contributed by atoms with E-state index in [1.165, 1.54) is 22.5 Å². The number of sulfonamides is 1. The van der Waals surface area contributed by atoms with Crippen molar-refractivity contribution in [2.24, 2.45) is 0 Å². The molecule has 1 saturated heterocycles. The molecule has 1 aliphatic rings. The molecule has 0 unspecified atom stereocenters. The van der Waals surface area contributed by atoms with Crippen LogP contribution >= 0.6 is 23.2 Å². The molecule has 9 heteroatoms. The molecule has 1 aromatic heterocycles. The second-order valence-electron chi connectivity index (χ2n) is 6.93. The average molecular weight is 452 g/mol. The quantitative estimate of drug-likeness (QED) is 0.600. The van der Waals surface area contributed by atoms with Gasteiger partial charge in [-0.3, -0.25) is 9.69 Å². The Kier molecular flexibility index (Phi) is 5.68. The van der Waals surface area contributed by atoms with Crippen molar-refractivity contribution in [1.82, 2.24) is 14.2 Å². The summed E-state index contributed by atoms with van der Waals surface area (Å²) in [5, 5.41) is 1.42. The van der Waals surface area contributed by atoms with E-state index in [-0.39, 0.29) is 22.2 Å². The average Bonchev–Trinajstić information content (AvgIpc) is 3.15. The number of halogens is 2. The lowest BCUT2D eigenvalue weighted by Gasteiger charge is -2.33. The van der Waals surface area contributed by atoms with E-state index >= 15 is 0 Å². The van der Waals surface area contributed by atoms with E-state index in [2.05, 4.69) is 4.98 Å². The number of carbonyl (C=O) groups excluding carboxylic acids is 1. The van der Waals surface area contributed by atoms with E-state index in [0.717, 1.165) is 10.9 Å². The summed E-state index contributed by atoms with van der Waals surface area (Å²) in [5.74, 6) is 0.0169. The fourth-order valence-corrected chi connectivity index (χ4v) is 5.32. The Balaban J connectivity index is 1.41. The summed E-state index contributed by atoms with van der Waals surface area (Å²) in [6, 6.07) is 12.0. The number of nitrogens with zero attached hydrogens (tertiary/aromatic N) is 2. The van der Waals surface area contributed by atoms with Gasteiger partial charge < -0.3 is 4.98 Å². The molecule has 0 radical (unpaired) electrons. The lowest BCUT2D eigenvalue weighted by molar-refractivity contribution is 0.0903. The molecule has 1 fully saturated rings. The topological polar surface area (TPSA) is 73.5 Å². The standard InChI is InChI=1S/C20H19Cl2N3O3S/c21-17-6-5-14(11-18(17)22)29(27,28)25-9-7-24(8-10-25)13-20(26)16-12-23-19-4-2-1-3-15(16)19/h1-6,11-12,23H,7-10,13H2. The van der Waals surface area contributed by atoms with Crippen LogP contribution in [0.2, 0.25) is 10.0 Å². The molecule has 1 aliphatic heterocycles. The number of piperazine rings is 1. The predicted molar refractivity (Wildman–Crippen MR) is 114 cm³/mol. The molecule has 0 aliphatic carbocycles. The summed E-state index contributed by atoms with van der Waals surface area (Å²) in [4.78, 5) is 17.9. The molecule has 0 amide bonds. The van der Waals surface area contributed by atoms with E-state index in [9.17, 15) is 13.2 Å². The zero-order valence-electron chi connectivity index (χ0n) is 15.4. The molecule has 0 atom stereocenters. The molecular formula is C20H19Cl2N3O3S. The maximum atomic E-state index is 12.8. The van der Waals surface area contributed by atoms with Crippen molar-refractivity contribution in [3.8, 4) is 0 Å². The molecule has 3 aromatic rings. The van der Waals surface area contributed by atoms with E-state index in [1.54, 1.807) is 6.20 Å². The lowest BCUT2D eigenvalue weighted by Crippen LogP contribution is -2.49. The van der Waals surface area contributed by atoms with Crippen molar-refractivity contribution >= 4 is 49.9 Å². The van der Waals surface area contributed by atoms with Gasteiger partial charge in [0.25, 0.3) is 0 Å². The molecule has 2 aromatic carbocycles. The third-order valence-electron chi connectivity index (χ3n) is 5.12. The van der Waals surface area contributed by atoms with Gasteiger partial charge >= 0.3 is 0 Å². The van der Waals surface area contributed by atoms with E-state index in [4.69, 9.17) is 23.2 Å². The van der Waals surface area contributed by atoms with Gasteiger partial charge in [-0.05, 0) is 24.3 Å². The van der Waals surface area contributed by atoms with Crippen LogP contribution in [0.4, 0.5) is 0 Å². The Morgan fingerprint density at radius 1 is 1.00 bits per heavy atom. The highest BCUT2D eigenvalue weighted by Crippen LogP contribution is 2.27. The highest BCUT2D eigenvalue weighted by Gasteiger charge is 2.29. The van der Waals surface area contributed by atoms with Crippen LogP contribution < -0.4 is 0 Å². The van der Waals surface area contributed by atoms with E-state index in [0.29, 0.717) is 36.8 Å². The minimum atomic E-state index is -3.65. The van der Waals surface area contributed by atoms with Gasteiger partial charge in [0.15, 0.2) is 5.78 Å². The van der Waals surface area contributed by atoms with Crippen molar-refractivity contribution in [3.63, 3.8) is 0 Å². The maximum absolute atomic E-state index is 12.8. The zero-order valence-corrected chi connectivity index (χ0v) is 17.8. The van der Waals surface area contributed by atoms with Crippen molar-refractivity contribution in [1.29, 1.82) is 0 Å². The van der Waals surface area contributed by atoms with Gasteiger partial charge in [-0.25, -0.2) is 8.42 Å². The van der Waals surface area contributed by atoms with Gasteiger partial charge in [0.05, 0.1) is 21.5 Å². The monoisotopic (exact) mass is 451 g/mol. The summed E-state index contributed by atoms with van der Waals surface area (Å²) in [6.45, 7) is 1.83. The number of Topliss-reactive ketones (excluding diaryl/α,β-unsaturated/α-hetero) is 1. The van der Waals surface area contributed by atoms with Crippen LogP contribution in [0.1, 0.15) is 10.4 Å². The minimum absolute atomic E-state index is 0.0169. The summed E-state index contributed by atoms with van der Waals surface area (Å²) >= 11 is 11.8. The van der Waals surface area contributed by atoms with Crippen LogP contribution in [0.15, 0.2) is 53.6 Å². The van der Waals surface area contributed by atoms with E-state index < -0.39 is 10.0 Å². The number of hydrogen-bond acceptors (Lipinski definition) is 4. The highest BCUT2D eigenvalue weighted by atomic mass is 35.5. The zero-order chi connectivity index (χ0) is 20.6. The number of hydrogen-bond donors (Lipinski definition) is 1. The third-order valence-corrected chi connectivity index (χ3v) is 7.75. The van der Waals surface area contributed by atoms with Gasteiger partial charge in [-0.2, -0.15) is 4.31 Å². The SMILES string of the molecule is O=C(CN1CCN(S(=O)(=O)c2ccc(Cl)c(Cl)c2)CC1)c1c[nH]c2ccccc12. The number of rotatable bonds is 5. The second-order valence-corrected chi connectivity index (χ2v) is 9.68. The summed E-state index contributed by atoms with van der Waals surface area (Å²) in [5.41, 5.74) is 1.58. The number of aromatic amines is 1. The fourth-order valence-electron chi connectivity index (χ4n) is 3.50. The molecular weight excluding hydrogens is 433 g/mol. The summed E-state index contributed by atoms with van der Waals surface area (Å²) in [6.07, 6.45) is 1.73. The first-order chi connectivity index (χ1) is 13.9. The number of ketones is 1. The fraction of sp³-hybridized carbons (Fsp3) is 0.250. The molecule has 0 bridgehead atoms. The molecule has 6 nitrogen and oxygen atoms in total. The van der Waals surface area contributed by atoms with Crippen molar-refractivity contribution in [3.05, 3.63) is 64.3 Å². The van der Waals surface area contributed by atoms with Gasteiger partial charge in [0.1, 0.15) is 0 Å². The Hall–Kier alpha value is -1.90. The molecule has 0 spiro atoms. The van der Waals surface area contributed by atoms with Crippen molar-refractivity contribution in [2.45, 2.75) is 4.90 Å². The Labute approximate surface area is 179 Å². The highest BCUT2D eigenvalue weighted by molar-refractivity contribution is 7.89. The largest absolute Gasteiger partial charge is 0.360 e. The number of aromatic nitrogens is 1. The van der Waals surface area contributed by atoms with E-state index in [1.807, 2.05) is 29.2 Å². The minimum Gasteiger partial charge on any atom is -0.360 e. The molecule has 2 heterocycles. The number of nitrogens with one attached hydrogen (secondary N) is 1. The number of para-hydroxylation sites is 1. The number of benzene rings is 2. The second kappa shape index (κ2) is 8.08. The summed E-state index contributed by atoms with van der Waals surface area (Å²) < 4.78 is 27.1. The van der Waals surface area contributed by atoms with Crippen LogP contribution in [0.25, 0.3) is 10.9 Å². The first-order valence-corrected chi connectivity index (χ1v) is 11.3. The van der Waals surface area contributed by atoms with Crippen LogP contribution in [-0.2, 0) is 10.0 Å². The third kappa shape index (κ3) is 4.06. The predicted octanol–water partition coefficient (Wildman–Crippen LogP) is 3.66. The van der Waals surface area contributed by atoms with Gasteiger partial charge in [-0.15, -0.1) is 0 Å². The molecule has 152 valence electrons. The Bertz CT molecular complexity index is 1170. The van der Waals surface area contributed by atoms with Gasteiger partial charge in [0.2, 0.25) is 10.0 Å². The molecule has 4 rings (SSSR count). The smallest absolute Gasteiger partial charge is 0.243 e. The molecule has 29 heavy (non-hydrogen) atoms. The Morgan fingerprint density at radius 3 is 2.45 bits per heavy atom. The maximum Gasteiger partial charge on any atom is 0.243 e. The normalized spacial score (nSPS) is 16.3. The van der Waals surface area contributed by atoms with Crippen molar-refractivity contribution in [2.75, 3.05) is 32.7 Å². The van der Waals surface area contributed by atoms with Crippen LogP contribution in [0.3, 0.4) is 0 Å². The number of carbonyl (C=O) groups is 1. The summed E-state index contributed by atoms with van der Waals surface area (Å²) in [7, 11) is -3.65. The number of H-pyrrole nitrogens is 1. The molecule has 1 N–H and O–H groups in total. The molecule has 0 saturated carbocycles. The lowest BCUT2D eigenvalue weighted by atomic mass is 10.1. The Morgan fingerprint density at radius 2 is 1.72 bits per heavy atom. The van der Waals surface area contributed by atoms with Crippen LogP contribution in [0.5, 0.6) is 0 Å². The van der Waals surface area contributed by atoms with Gasteiger partial charge in [0, 0.05) is 48.8 Å². The first kappa shape index (κ1) is 20.4. The van der Waals surface area contributed by atoms with Crippen LogP contribution in [-0.4, -0.2) is 61.1 Å². The first-order valence-electron chi connectivity index (χ1n) is 9.13. The van der Waals surface area contributed by atoms with Crippen molar-refractivity contribution < 1.29 is 13.2 Å². The van der Waals surface area contributed by atoms with Crippen LogP contribution in [0, 0.1) is 0 Å². The van der Waals surface area contributed by atoms with Gasteiger partial charge in [-0.1, -0.05) is 41.4 Å².